The van der Waals surface area contributed by atoms with Crippen molar-refractivity contribution in [1.29, 1.82) is 0 Å². The van der Waals surface area contributed by atoms with Gasteiger partial charge in [-0.2, -0.15) is 5.10 Å². The number of hydrogen-bond acceptors (Lipinski definition) is 4. The van der Waals surface area contributed by atoms with E-state index in [0.29, 0.717) is 18.0 Å². The first-order chi connectivity index (χ1) is 12.3. The standard InChI is InChI=1S/C19H24N4O3/c1-6-23-13(3)14(12(2)21-23)11-22(5)18(25)19(4)17(24)20-15-9-7-8-10-16(15)26-19/h7-10H,6,11H2,1-5H3,(H,20,24). The fourth-order valence-electron chi connectivity index (χ4n) is 3.25. The molecule has 0 saturated carbocycles. The normalized spacial score (nSPS) is 18.7. The molecule has 1 aliphatic heterocycles. The van der Waals surface area contributed by atoms with E-state index < -0.39 is 17.4 Å². The van der Waals surface area contributed by atoms with Crippen LogP contribution >= 0.6 is 0 Å². The van der Waals surface area contributed by atoms with Crippen LogP contribution in [0, 0.1) is 13.8 Å². The Morgan fingerprint density at radius 1 is 1.35 bits per heavy atom. The lowest BCUT2D eigenvalue weighted by molar-refractivity contribution is -0.154. The van der Waals surface area contributed by atoms with Gasteiger partial charge in [-0.05, 0) is 39.8 Å². The van der Waals surface area contributed by atoms with E-state index in [1.165, 1.54) is 11.8 Å². The zero-order chi connectivity index (χ0) is 19.1. The first-order valence-corrected chi connectivity index (χ1v) is 8.65. The molecule has 1 unspecified atom stereocenters. The van der Waals surface area contributed by atoms with E-state index in [2.05, 4.69) is 10.4 Å². The number of anilines is 1. The molecule has 7 heteroatoms. The topological polar surface area (TPSA) is 76.5 Å². The molecule has 1 aliphatic rings. The highest BCUT2D eigenvalue weighted by molar-refractivity contribution is 6.15. The third-order valence-electron chi connectivity index (χ3n) is 4.86. The van der Waals surface area contributed by atoms with Gasteiger partial charge in [-0.25, -0.2) is 0 Å². The number of amides is 2. The summed E-state index contributed by atoms with van der Waals surface area (Å²) in [5.41, 5.74) is 1.86. The molecule has 2 aromatic rings. The van der Waals surface area contributed by atoms with Gasteiger partial charge in [-0.3, -0.25) is 14.3 Å². The minimum absolute atomic E-state index is 0.365. The number of fused-ring (bicyclic) bond motifs is 1. The largest absolute Gasteiger partial charge is 0.466 e. The Morgan fingerprint density at radius 3 is 2.69 bits per heavy atom. The average Bonchev–Trinajstić information content (AvgIpc) is 2.89. The number of nitrogens with one attached hydrogen (secondary N) is 1. The highest BCUT2D eigenvalue weighted by atomic mass is 16.5. The fraction of sp³-hybridized carbons (Fsp3) is 0.421. The quantitative estimate of drug-likeness (QED) is 0.853. The Kier molecular flexibility index (Phi) is 4.48. The monoisotopic (exact) mass is 356 g/mol. The molecule has 0 bridgehead atoms. The SMILES string of the molecule is CCn1nc(C)c(CN(C)C(=O)C2(C)Oc3ccccc3NC2=O)c1C. The van der Waals surface area contributed by atoms with Crippen molar-refractivity contribution in [3.05, 3.63) is 41.2 Å². The second kappa shape index (κ2) is 6.48. The van der Waals surface area contributed by atoms with Crippen molar-refractivity contribution in [3.8, 4) is 5.75 Å². The number of para-hydroxylation sites is 2. The molecular weight excluding hydrogens is 332 g/mol. The van der Waals surface area contributed by atoms with E-state index >= 15 is 0 Å². The molecule has 3 rings (SSSR count). The third kappa shape index (κ3) is 2.83. The van der Waals surface area contributed by atoms with Crippen molar-refractivity contribution < 1.29 is 14.3 Å². The van der Waals surface area contributed by atoms with Crippen LogP contribution in [-0.4, -0.2) is 39.1 Å². The highest BCUT2D eigenvalue weighted by Gasteiger charge is 2.48. The number of carbonyl (C=O) groups is 2. The number of aromatic nitrogens is 2. The van der Waals surface area contributed by atoms with E-state index in [9.17, 15) is 9.59 Å². The maximum Gasteiger partial charge on any atom is 0.278 e. The van der Waals surface area contributed by atoms with Crippen molar-refractivity contribution in [2.75, 3.05) is 12.4 Å². The van der Waals surface area contributed by atoms with Gasteiger partial charge in [-0.15, -0.1) is 0 Å². The van der Waals surface area contributed by atoms with Gasteiger partial charge in [0.1, 0.15) is 5.75 Å². The van der Waals surface area contributed by atoms with Crippen molar-refractivity contribution in [3.63, 3.8) is 0 Å². The van der Waals surface area contributed by atoms with Crippen LogP contribution in [0.15, 0.2) is 24.3 Å². The summed E-state index contributed by atoms with van der Waals surface area (Å²) in [6, 6.07) is 7.08. The molecule has 1 N–H and O–H groups in total. The van der Waals surface area contributed by atoms with Crippen LogP contribution in [0.4, 0.5) is 5.69 Å². The molecular formula is C19H24N4O3. The molecule has 1 atom stereocenters. The van der Waals surface area contributed by atoms with Crippen LogP contribution in [0.1, 0.15) is 30.8 Å². The zero-order valence-corrected chi connectivity index (χ0v) is 15.8. The van der Waals surface area contributed by atoms with Crippen LogP contribution in [0.2, 0.25) is 0 Å². The van der Waals surface area contributed by atoms with E-state index in [0.717, 1.165) is 23.5 Å². The van der Waals surface area contributed by atoms with Gasteiger partial charge in [0.2, 0.25) is 0 Å². The molecule has 138 valence electrons. The number of hydrogen-bond donors (Lipinski definition) is 1. The smallest absolute Gasteiger partial charge is 0.278 e. The Balaban J connectivity index is 1.84. The van der Waals surface area contributed by atoms with Crippen LogP contribution in [0.5, 0.6) is 5.75 Å². The Bertz CT molecular complexity index is 874. The number of nitrogens with zero attached hydrogens (tertiary/aromatic N) is 3. The predicted molar refractivity (Wildman–Crippen MR) is 98.0 cm³/mol. The molecule has 0 fully saturated rings. The number of ether oxygens (including phenoxy) is 1. The molecule has 2 heterocycles. The van der Waals surface area contributed by atoms with E-state index in [4.69, 9.17) is 4.74 Å². The Hall–Kier alpha value is -2.83. The second-order valence-electron chi connectivity index (χ2n) is 6.71. The molecule has 1 aromatic carbocycles. The second-order valence-corrected chi connectivity index (χ2v) is 6.71. The third-order valence-corrected chi connectivity index (χ3v) is 4.86. The summed E-state index contributed by atoms with van der Waals surface area (Å²) < 4.78 is 7.72. The number of likely N-dealkylation sites (N-methyl/N-ethyl adjacent to an activating group) is 1. The summed E-state index contributed by atoms with van der Waals surface area (Å²) in [4.78, 5) is 27.1. The summed E-state index contributed by atoms with van der Waals surface area (Å²) in [5, 5.41) is 7.24. The van der Waals surface area contributed by atoms with Gasteiger partial charge in [0.05, 0.1) is 11.4 Å². The molecule has 0 aliphatic carbocycles. The van der Waals surface area contributed by atoms with Gasteiger partial charge in [0.25, 0.3) is 17.4 Å². The van der Waals surface area contributed by atoms with Crippen molar-refractivity contribution in [2.24, 2.45) is 0 Å². The molecule has 0 saturated heterocycles. The maximum atomic E-state index is 13.1. The summed E-state index contributed by atoms with van der Waals surface area (Å²) in [5.74, 6) is -0.374. The molecule has 1 aromatic heterocycles. The van der Waals surface area contributed by atoms with Crippen molar-refractivity contribution >= 4 is 17.5 Å². The Labute approximate surface area is 152 Å². The van der Waals surface area contributed by atoms with Gasteiger partial charge in [-0.1, -0.05) is 12.1 Å². The number of benzene rings is 1. The van der Waals surface area contributed by atoms with E-state index in [1.807, 2.05) is 25.5 Å². The van der Waals surface area contributed by atoms with Crippen molar-refractivity contribution in [2.45, 2.75) is 46.4 Å². The minimum atomic E-state index is -1.61. The average molecular weight is 356 g/mol. The molecule has 26 heavy (non-hydrogen) atoms. The Morgan fingerprint density at radius 2 is 2.04 bits per heavy atom. The molecule has 0 radical (unpaired) electrons. The first-order valence-electron chi connectivity index (χ1n) is 8.65. The highest BCUT2D eigenvalue weighted by Crippen LogP contribution is 2.34. The van der Waals surface area contributed by atoms with Crippen LogP contribution < -0.4 is 10.1 Å². The number of aryl methyl sites for hydroxylation is 2. The lowest BCUT2D eigenvalue weighted by atomic mass is 10.0. The summed E-state index contributed by atoms with van der Waals surface area (Å²) >= 11 is 0. The summed E-state index contributed by atoms with van der Waals surface area (Å²) in [6.45, 7) is 8.57. The van der Waals surface area contributed by atoms with Gasteiger partial charge in [0, 0.05) is 31.4 Å². The minimum Gasteiger partial charge on any atom is -0.466 e. The van der Waals surface area contributed by atoms with Crippen LogP contribution in [-0.2, 0) is 22.7 Å². The van der Waals surface area contributed by atoms with Crippen LogP contribution in [0.3, 0.4) is 0 Å². The molecule has 7 nitrogen and oxygen atoms in total. The predicted octanol–water partition coefficient (Wildman–Crippen LogP) is 2.27. The van der Waals surface area contributed by atoms with Gasteiger partial charge < -0.3 is 15.0 Å². The lowest BCUT2D eigenvalue weighted by Crippen LogP contribution is -2.58. The van der Waals surface area contributed by atoms with Gasteiger partial charge in [0.15, 0.2) is 0 Å². The molecule has 2 amide bonds. The number of rotatable bonds is 4. The number of carbonyl (C=O) groups excluding carboxylic acids is 2. The fourth-order valence-corrected chi connectivity index (χ4v) is 3.25. The molecule has 0 spiro atoms. The van der Waals surface area contributed by atoms with Crippen LogP contribution in [0.25, 0.3) is 0 Å². The summed E-state index contributed by atoms with van der Waals surface area (Å²) in [7, 11) is 1.67. The van der Waals surface area contributed by atoms with Gasteiger partial charge >= 0.3 is 0 Å². The lowest BCUT2D eigenvalue weighted by Gasteiger charge is -2.35. The van der Waals surface area contributed by atoms with E-state index in [-0.39, 0.29) is 0 Å². The van der Waals surface area contributed by atoms with Crippen molar-refractivity contribution in [1.82, 2.24) is 14.7 Å². The maximum absolute atomic E-state index is 13.1. The van der Waals surface area contributed by atoms with E-state index in [1.54, 1.807) is 31.3 Å². The summed E-state index contributed by atoms with van der Waals surface area (Å²) in [6.07, 6.45) is 0. The first kappa shape index (κ1) is 18.0. The zero-order valence-electron chi connectivity index (χ0n) is 15.8.